The minimum atomic E-state index is -0.521. The number of hydrogen-bond donors (Lipinski definition) is 1. The quantitative estimate of drug-likeness (QED) is 0.627. The Balaban J connectivity index is 2.44. The largest absolute Gasteiger partial charge is 0.396 e. The molecule has 2 rings (SSSR count). The van der Waals surface area contributed by atoms with E-state index in [9.17, 15) is 9.18 Å². The Morgan fingerprint density at radius 2 is 2.00 bits per heavy atom. The number of carbonyl (C=O) groups excluding carboxylic acids is 1. The van der Waals surface area contributed by atoms with Crippen LogP contribution in [0.5, 0.6) is 0 Å². The van der Waals surface area contributed by atoms with Crippen molar-refractivity contribution in [1.82, 2.24) is 0 Å². The molecule has 1 heterocycles. The first-order chi connectivity index (χ1) is 7.99. The lowest BCUT2D eigenvalue weighted by molar-refractivity contribution is 0.103. The summed E-state index contributed by atoms with van der Waals surface area (Å²) in [5.74, 6) is -0.711. The zero-order valence-electron chi connectivity index (χ0n) is 8.34. The maximum atomic E-state index is 13.0. The highest BCUT2D eigenvalue weighted by molar-refractivity contribution is 9.12. The molecule has 0 atom stereocenters. The third-order valence-corrected chi connectivity index (χ3v) is 4.50. The smallest absolute Gasteiger partial charge is 0.195 e. The van der Waals surface area contributed by atoms with Crippen LogP contribution in [0.25, 0.3) is 0 Å². The van der Waals surface area contributed by atoms with E-state index < -0.39 is 5.82 Å². The minimum Gasteiger partial charge on any atom is -0.396 e. The van der Waals surface area contributed by atoms with E-state index in [-0.39, 0.29) is 11.5 Å². The standard InChI is InChI=1S/C11H6Br2FNOS/c12-9-4-6(11(13)17-9)10(16)5-1-2-7(14)8(15)3-5/h1-4H,15H2. The van der Waals surface area contributed by atoms with Gasteiger partial charge in [0.25, 0.3) is 0 Å². The molecule has 0 fully saturated rings. The molecule has 2 nitrogen and oxygen atoms in total. The predicted molar refractivity (Wildman–Crippen MR) is 74.0 cm³/mol. The van der Waals surface area contributed by atoms with E-state index in [1.54, 1.807) is 6.07 Å². The summed E-state index contributed by atoms with van der Waals surface area (Å²) in [7, 11) is 0. The molecule has 0 bridgehead atoms. The number of anilines is 1. The fourth-order valence-electron chi connectivity index (χ4n) is 1.34. The van der Waals surface area contributed by atoms with Gasteiger partial charge in [0.2, 0.25) is 0 Å². The van der Waals surface area contributed by atoms with E-state index in [1.165, 1.54) is 29.5 Å². The van der Waals surface area contributed by atoms with Gasteiger partial charge >= 0.3 is 0 Å². The van der Waals surface area contributed by atoms with Crippen molar-refractivity contribution >= 4 is 54.7 Å². The summed E-state index contributed by atoms with van der Waals surface area (Å²) in [6.07, 6.45) is 0. The number of nitrogen functional groups attached to an aromatic ring is 1. The van der Waals surface area contributed by atoms with Crippen LogP contribution in [0.1, 0.15) is 15.9 Å². The number of carbonyl (C=O) groups is 1. The number of halogens is 3. The van der Waals surface area contributed by atoms with Crippen LogP contribution < -0.4 is 5.73 Å². The maximum absolute atomic E-state index is 13.0. The number of ketones is 1. The Morgan fingerprint density at radius 3 is 2.53 bits per heavy atom. The van der Waals surface area contributed by atoms with Gasteiger partial charge in [-0.1, -0.05) is 0 Å². The molecule has 2 aromatic rings. The third-order valence-electron chi connectivity index (χ3n) is 2.16. The molecule has 1 aromatic carbocycles. The molecule has 17 heavy (non-hydrogen) atoms. The first-order valence-corrected chi connectivity index (χ1v) is 6.94. The average Bonchev–Trinajstić information content (AvgIpc) is 2.61. The average molecular weight is 379 g/mol. The van der Waals surface area contributed by atoms with Crippen molar-refractivity contribution in [2.24, 2.45) is 0 Å². The zero-order valence-corrected chi connectivity index (χ0v) is 12.3. The van der Waals surface area contributed by atoms with Gasteiger partial charge in [-0.25, -0.2) is 4.39 Å². The van der Waals surface area contributed by atoms with Gasteiger partial charge in [-0.2, -0.15) is 0 Å². The van der Waals surface area contributed by atoms with Gasteiger partial charge in [-0.05, 0) is 56.1 Å². The number of benzene rings is 1. The molecule has 0 amide bonds. The Kier molecular flexibility index (Phi) is 3.65. The van der Waals surface area contributed by atoms with Crippen molar-refractivity contribution in [3.8, 4) is 0 Å². The maximum Gasteiger partial charge on any atom is 0.195 e. The van der Waals surface area contributed by atoms with Crippen LogP contribution in [-0.2, 0) is 0 Å². The highest BCUT2D eigenvalue weighted by atomic mass is 79.9. The highest BCUT2D eigenvalue weighted by Crippen LogP contribution is 2.33. The second-order valence-corrected chi connectivity index (χ2v) is 7.05. The molecular weight excluding hydrogens is 373 g/mol. The van der Waals surface area contributed by atoms with Gasteiger partial charge in [0.15, 0.2) is 5.78 Å². The van der Waals surface area contributed by atoms with Gasteiger partial charge in [0, 0.05) is 11.1 Å². The normalized spacial score (nSPS) is 10.5. The van der Waals surface area contributed by atoms with E-state index in [0.29, 0.717) is 11.1 Å². The zero-order chi connectivity index (χ0) is 12.6. The van der Waals surface area contributed by atoms with Crippen LogP contribution in [-0.4, -0.2) is 5.78 Å². The first kappa shape index (κ1) is 12.7. The van der Waals surface area contributed by atoms with E-state index >= 15 is 0 Å². The van der Waals surface area contributed by atoms with Crippen LogP contribution >= 0.6 is 43.2 Å². The molecule has 88 valence electrons. The van der Waals surface area contributed by atoms with E-state index in [2.05, 4.69) is 31.9 Å². The monoisotopic (exact) mass is 377 g/mol. The number of thiophene rings is 1. The summed E-state index contributed by atoms with van der Waals surface area (Å²) in [5, 5.41) is 0. The summed E-state index contributed by atoms with van der Waals surface area (Å²) in [6.45, 7) is 0. The summed E-state index contributed by atoms with van der Waals surface area (Å²) in [4.78, 5) is 12.1. The molecule has 2 N–H and O–H groups in total. The fourth-order valence-corrected chi connectivity index (χ4v) is 4.13. The summed E-state index contributed by atoms with van der Waals surface area (Å²) < 4.78 is 14.6. The lowest BCUT2D eigenvalue weighted by Gasteiger charge is -2.02. The molecule has 0 unspecified atom stereocenters. The van der Waals surface area contributed by atoms with Gasteiger partial charge in [0.1, 0.15) is 5.82 Å². The summed E-state index contributed by atoms with van der Waals surface area (Å²) >= 11 is 8.02. The second kappa shape index (κ2) is 4.88. The lowest BCUT2D eigenvalue weighted by atomic mass is 10.1. The molecule has 1 aromatic heterocycles. The van der Waals surface area contributed by atoms with Gasteiger partial charge < -0.3 is 5.73 Å². The molecule has 0 saturated carbocycles. The number of rotatable bonds is 2. The third kappa shape index (κ3) is 2.59. The molecule has 0 spiro atoms. The number of hydrogen-bond acceptors (Lipinski definition) is 3. The van der Waals surface area contributed by atoms with Gasteiger partial charge in [-0.15, -0.1) is 11.3 Å². The molecule has 0 saturated heterocycles. The fraction of sp³-hybridized carbons (Fsp3) is 0. The Morgan fingerprint density at radius 1 is 1.29 bits per heavy atom. The van der Waals surface area contributed by atoms with Crippen molar-refractivity contribution in [2.45, 2.75) is 0 Å². The van der Waals surface area contributed by atoms with Gasteiger partial charge in [-0.3, -0.25) is 4.79 Å². The molecule has 0 aliphatic heterocycles. The SMILES string of the molecule is Nc1cc(C(=O)c2cc(Br)sc2Br)ccc1F. The van der Waals surface area contributed by atoms with Crippen molar-refractivity contribution in [3.05, 3.63) is 48.8 Å². The van der Waals surface area contributed by atoms with Gasteiger partial charge in [0.05, 0.1) is 13.3 Å². The van der Waals surface area contributed by atoms with Crippen molar-refractivity contribution in [2.75, 3.05) is 5.73 Å². The topological polar surface area (TPSA) is 43.1 Å². The van der Waals surface area contributed by atoms with E-state index in [0.717, 1.165) is 7.57 Å². The van der Waals surface area contributed by atoms with E-state index in [1.807, 2.05) is 0 Å². The van der Waals surface area contributed by atoms with Crippen LogP contribution in [0.4, 0.5) is 10.1 Å². The van der Waals surface area contributed by atoms with Crippen LogP contribution in [0, 0.1) is 5.82 Å². The van der Waals surface area contributed by atoms with Crippen LogP contribution in [0.15, 0.2) is 31.8 Å². The van der Waals surface area contributed by atoms with E-state index in [4.69, 9.17) is 5.73 Å². The molecule has 0 aliphatic carbocycles. The molecule has 0 radical (unpaired) electrons. The minimum absolute atomic E-state index is 0.0266. The first-order valence-electron chi connectivity index (χ1n) is 4.53. The highest BCUT2D eigenvalue weighted by Gasteiger charge is 2.16. The van der Waals surface area contributed by atoms with Crippen molar-refractivity contribution < 1.29 is 9.18 Å². The van der Waals surface area contributed by atoms with Crippen molar-refractivity contribution in [1.29, 1.82) is 0 Å². The molecule has 0 aliphatic rings. The molecular formula is C11H6Br2FNOS. The summed E-state index contributed by atoms with van der Waals surface area (Å²) in [6, 6.07) is 5.68. The predicted octanol–water partition coefficient (Wildman–Crippen LogP) is 4.23. The Bertz CT molecular complexity index is 597. The lowest BCUT2D eigenvalue weighted by Crippen LogP contribution is -2.02. The van der Waals surface area contributed by atoms with Crippen LogP contribution in [0.3, 0.4) is 0 Å². The number of nitrogens with two attached hydrogens (primary N) is 1. The van der Waals surface area contributed by atoms with Crippen molar-refractivity contribution in [3.63, 3.8) is 0 Å². The second-order valence-electron chi connectivity index (χ2n) is 3.30. The Hall–Kier alpha value is -0.720. The van der Waals surface area contributed by atoms with Crippen LogP contribution in [0.2, 0.25) is 0 Å². The molecule has 6 heteroatoms. The Labute approximate surface area is 118 Å². The summed E-state index contributed by atoms with van der Waals surface area (Å²) in [5.41, 5.74) is 6.31.